The molecule has 148 valence electrons. The average molecular weight is 434 g/mol. The van der Waals surface area contributed by atoms with Crippen molar-refractivity contribution in [2.45, 2.75) is 6.54 Å². The van der Waals surface area contributed by atoms with Gasteiger partial charge in [-0.2, -0.15) is 10.2 Å². The fourth-order valence-electron chi connectivity index (χ4n) is 2.38. The Labute approximate surface area is 174 Å². The van der Waals surface area contributed by atoms with Gasteiger partial charge in [0.2, 0.25) is 0 Å². The van der Waals surface area contributed by atoms with E-state index in [-0.39, 0.29) is 27.7 Å². The third kappa shape index (κ3) is 5.09. The number of phenols is 1. The van der Waals surface area contributed by atoms with Crippen molar-refractivity contribution in [2.24, 2.45) is 5.10 Å². The van der Waals surface area contributed by atoms with Gasteiger partial charge in [0.25, 0.3) is 11.6 Å². The van der Waals surface area contributed by atoms with E-state index in [0.717, 1.165) is 5.56 Å². The molecule has 0 radical (unpaired) electrons. The van der Waals surface area contributed by atoms with E-state index in [1.54, 1.807) is 18.3 Å². The molecule has 0 aliphatic rings. The number of rotatable bonds is 6. The molecule has 0 fully saturated rings. The van der Waals surface area contributed by atoms with Crippen LogP contribution in [0.1, 0.15) is 21.6 Å². The van der Waals surface area contributed by atoms with E-state index in [4.69, 9.17) is 23.2 Å². The second kappa shape index (κ2) is 8.72. The molecular weight excluding hydrogens is 421 g/mol. The standard InChI is InChI=1S/C18H13Cl2N5O4/c19-13-7-12(17(26)15(20)8-13)9-21-22-18(27)16-5-6-24(23-16)10-11-1-3-14(4-2-11)25(28)29/h1-9,26H,10H2,(H,22,27)/b21-9+. The number of carbonyl (C=O) groups is 1. The number of nitro benzene ring substituents is 1. The minimum atomic E-state index is -0.559. The third-order valence-corrected chi connectivity index (χ3v) is 4.30. The van der Waals surface area contributed by atoms with E-state index < -0.39 is 10.8 Å². The fourth-order valence-corrected chi connectivity index (χ4v) is 2.89. The van der Waals surface area contributed by atoms with Crippen LogP contribution in [0.15, 0.2) is 53.8 Å². The number of nitrogens with zero attached hydrogens (tertiary/aromatic N) is 4. The molecule has 2 N–H and O–H groups in total. The summed E-state index contributed by atoms with van der Waals surface area (Å²) in [4.78, 5) is 22.4. The van der Waals surface area contributed by atoms with Gasteiger partial charge >= 0.3 is 0 Å². The molecule has 0 aliphatic carbocycles. The monoisotopic (exact) mass is 433 g/mol. The summed E-state index contributed by atoms with van der Waals surface area (Å²) < 4.78 is 1.52. The van der Waals surface area contributed by atoms with Crippen LogP contribution in [-0.4, -0.2) is 31.9 Å². The maximum atomic E-state index is 12.1. The molecule has 3 rings (SSSR count). The number of benzene rings is 2. The summed E-state index contributed by atoms with van der Waals surface area (Å²) in [5, 5.41) is 28.8. The lowest BCUT2D eigenvalue weighted by Crippen LogP contribution is -2.18. The quantitative estimate of drug-likeness (QED) is 0.349. The highest BCUT2D eigenvalue weighted by molar-refractivity contribution is 6.36. The maximum absolute atomic E-state index is 12.1. The molecule has 1 amide bonds. The highest BCUT2D eigenvalue weighted by atomic mass is 35.5. The molecular formula is C18H13Cl2N5O4. The van der Waals surface area contributed by atoms with Crippen LogP contribution < -0.4 is 5.43 Å². The number of hydrogen-bond donors (Lipinski definition) is 2. The Balaban J connectivity index is 1.63. The summed E-state index contributed by atoms with van der Waals surface area (Å²) in [6, 6.07) is 10.4. The van der Waals surface area contributed by atoms with Crippen molar-refractivity contribution in [1.82, 2.24) is 15.2 Å². The third-order valence-electron chi connectivity index (χ3n) is 3.79. The van der Waals surface area contributed by atoms with Crippen molar-refractivity contribution in [3.63, 3.8) is 0 Å². The molecule has 0 atom stereocenters. The zero-order valence-corrected chi connectivity index (χ0v) is 16.1. The first kappa shape index (κ1) is 20.3. The molecule has 0 bridgehead atoms. The van der Waals surface area contributed by atoms with Crippen LogP contribution in [0.4, 0.5) is 5.69 Å². The highest BCUT2D eigenvalue weighted by Crippen LogP contribution is 2.29. The molecule has 0 spiro atoms. The molecule has 29 heavy (non-hydrogen) atoms. The predicted molar refractivity (Wildman–Crippen MR) is 108 cm³/mol. The zero-order valence-electron chi connectivity index (χ0n) is 14.6. The van der Waals surface area contributed by atoms with Crippen LogP contribution in [0.2, 0.25) is 10.0 Å². The average Bonchev–Trinajstić information content (AvgIpc) is 3.14. The number of phenolic OH excluding ortho intramolecular Hbond substituents is 1. The number of nitrogens with one attached hydrogen (secondary N) is 1. The Bertz CT molecular complexity index is 1100. The molecule has 0 saturated carbocycles. The molecule has 2 aromatic carbocycles. The number of aromatic nitrogens is 2. The van der Waals surface area contributed by atoms with E-state index in [9.17, 15) is 20.0 Å². The van der Waals surface area contributed by atoms with E-state index in [2.05, 4.69) is 15.6 Å². The smallest absolute Gasteiger partial charge is 0.291 e. The molecule has 9 nitrogen and oxygen atoms in total. The van der Waals surface area contributed by atoms with Crippen LogP contribution in [0.5, 0.6) is 5.75 Å². The SMILES string of the molecule is O=C(N/N=C/c1cc(Cl)cc(Cl)c1O)c1ccn(Cc2ccc([N+](=O)[O-])cc2)n1. The van der Waals surface area contributed by atoms with E-state index in [1.165, 1.54) is 41.2 Å². The molecule has 1 aromatic heterocycles. The van der Waals surface area contributed by atoms with Gasteiger partial charge in [0.1, 0.15) is 5.75 Å². The highest BCUT2D eigenvalue weighted by Gasteiger charge is 2.10. The van der Waals surface area contributed by atoms with Gasteiger partial charge in [-0.1, -0.05) is 35.3 Å². The fraction of sp³-hybridized carbons (Fsp3) is 0.0556. The summed E-state index contributed by atoms with van der Waals surface area (Å²) >= 11 is 11.7. The number of amides is 1. The number of carbonyl (C=O) groups excluding carboxylic acids is 1. The Hall–Kier alpha value is -3.43. The van der Waals surface area contributed by atoms with E-state index in [1.807, 2.05) is 0 Å². The lowest BCUT2D eigenvalue weighted by Gasteiger charge is -2.03. The molecule has 0 aliphatic heterocycles. The Morgan fingerprint density at radius 1 is 1.28 bits per heavy atom. The second-order valence-electron chi connectivity index (χ2n) is 5.85. The lowest BCUT2D eigenvalue weighted by molar-refractivity contribution is -0.384. The molecule has 1 heterocycles. The Morgan fingerprint density at radius 2 is 2.00 bits per heavy atom. The van der Waals surface area contributed by atoms with Crippen LogP contribution in [0, 0.1) is 10.1 Å². The van der Waals surface area contributed by atoms with Gasteiger partial charge in [0.05, 0.1) is 22.7 Å². The maximum Gasteiger partial charge on any atom is 0.291 e. The van der Waals surface area contributed by atoms with Gasteiger partial charge < -0.3 is 5.11 Å². The number of hydrazone groups is 1. The summed E-state index contributed by atoms with van der Waals surface area (Å²) in [7, 11) is 0. The van der Waals surface area contributed by atoms with Crippen molar-refractivity contribution >= 4 is 41.0 Å². The van der Waals surface area contributed by atoms with Gasteiger partial charge in [-0.15, -0.1) is 0 Å². The van der Waals surface area contributed by atoms with Crippen molar-refractivity contribution in [2.75, 3.05) is 0 Å². The second-order valence-corrected chi connectivity index (χ2v) is 6.69. The first-order valence-electron chi connectivity index (χ1n) is 8.11. The summed E-state index contributed by atoms with van der Waals surface area (Å²) in [5.41, 5.74) is 3.45. The van der Waals surface area contributed by atoms with Crippen molar-refractivity contribution < 1.29 is 14.8 Å². The van der Waals surface area contributed by atoms with Gasteiger partial charge in [-0.3, -0.25) is 19.6 Å². The van der Waals surface area contributed by atoms with Crippen molar-refractivity contribution in [3.05, 3.63) is 85.6 Å². The van der Waals surface area contributed by atoms with Crippen LogP contribution in [0.3, 0.4) is 0 Å². The molecule has 11 heteroatoms. The van der Waals surface area contributed by atoms with Gasteiger partial charge in [-0.25, -0.2) is 5.43 Å². The summed E-state index contributed by atoms with van der Waals surface area (Å²) in [6.07, 6.45) is 2.81. The van der Waals surface area contributed by atoms with Crippen molar-refractivity contribution in [3.8, 4) is 5.75 Å². The molecule has 0 unspecified atom stereocenters. The zero-order chi connectivity index (χ0) is 21.0. The first-order chi connectivity index (χ1) is 13.8. The number of non-ortho nitro benzene ring substituents is 1. The minimum Gasteiger partial charge on any atom is -0.506 e. The van der Waals surface area contributed by atoms with Crippen LogP contribution in [-0.2, 0) is 6.54 Å². The minimum absolute atomic E-state index is 0.000767. The van der Waals surface area contributed by atoms with Gasteiger partial charge in [0, 0.05) is 28.9 Å². The van der Waals surface area contributed by atoms with Crippen LogP contribution in [0.25, 0.3) is 0 Å². The van der Waals surface area contributed by atoms with Gasteiger partial charge in [-0.05, 0) is 23.8 Å². The Morgan fingerprint density at radius 3 is 2.69 bits per heavy atom. The van der Waals surface area contributed by atoms with Gasteiger partial charge in [0.15, 0.2) is 5.69 Å². The number of halogens is 2. The number of nitro groups is 1. The first-order valence-corrected chi connectivity index (χ1v) is 8.87. The number of hydrogen-bond acceptors (Lipinski definition) is 6. The molecule has 0 saturated heterocycles. The Kier molecular flexibility index (Phi) is 6.10. The summed E-state index contributed by atoms with van der Waals surface area (Å²) in [5.74, 6) is -0.766. The summed E-state index contributed by atoms with van der Waals surface area (Å²) in [6.45, 7) is 0.337. The van der Waals surface area contributed by atoms with E-state index >= 15 is 0 Å². The largest absolute Gasteiger partial charge is 0.506 e. The number of aromatic hydroxyl groups is 1. The predicted octanol–water partition coefficient (Wildman–Crippen LogP) is 3.62. The normalized spacial score (nSPS) is 11.0. The van der Waals surface area contributed by atoms with Crippen molar-refractivity contribution in [1.29, 1.82) is 0 Å². The molecule has 3 aromatic rings. The van der Waals surface area contributed by atoms with Crippen LogP contribution >= 0.6 is 23.2 Å². The van der Waals surface area contributed by atoms with E-state index in [0.29, 0.717) is 11.6 Å². The lowest BCUT2D eigenvalue weighted by atomic mass is 10.2. The topological polar surface area (TPSA) is 123 Å².